The van der Waals surface area contributed by atoms with Crippen molar-refractivity contribution in [2.75, 3.05) is 23.5 Å². The van der Waals surface area contributed by atoms with Crippen LogP contribution in [0.3, 0.4) is 0 Å². The van der Waals surface area contributed by atoms with Crippen molar-refractivity contribution in [2.45, 2.75) is 32.9 Å². The minimum absolute atomic E-state index is 0.0929. The number of benzene rings is 1. The molecule has 1 aromatic carbocycles. The molecule has 7 nitrogen and oxygen atoms in total. The minimum Gasteiger partial charge on any atom is -0.347 e. The van der Waals surface area contributed by atoms with Crippen LogP contribution in [0.25, 0.3) is 0 Å². The van der Waals surface area contributed by atoms with Gasteiger partial charge in [0.1, 0.15) is 5.69 Å². The van der Waals surface area contributed by atoms with Crippen molar-refractivity contribution in [3.63, 3.8) is 0 Å². The molecule has 2 aromatic rings. The number of carbonyl (C=O) groups excluding carboxylic acids is 1. The summed E-state index contributed by atoms with van der Waals surface area (Å²) in [5.74, 6) is 0.362. The summed E-state index contributed by atoms with van der Waals surface area (Å²) in [5.41, 5.74) is 3.09. The Morgan fingerprint density at radius 1 is 1.26 bits per heavy atom. The molecular formula is C19H24N4O3S. The second kappa shape index (κ2) is 7.64. The molecule has 3 rings (SSSR count). The van der Waals surface area contributed by atoms with E-state index in [4.69, 9.17) is 0 Å². The van der Waals surface area contributed by atoms with Crippen molar-refractivity contribution in [1.29, 1.82) is 0 Å². The lowest BCUT2D eigenvalue weighted by Crippen LogP contribution is -2.34. The molecule has 1 N–H and O–H groups in total. The number of nitrogens with zero attached hydrogens (tertiary/aromatic N) is 3. The Balaban J connectivity index is 1.73. The Morgan fingerprint density at radius 3 is 2.70 bits per heavy atom. The molecule has 1 amide bonds. The van der Waals surface area contributed by atoms with Crippen molar-refractivity contribution in [2.24, 2.45) is 0 Å². The van der Waals surface area contributed by atoms with E-state index in [2.05, 4.69) is 15.3 Å². The third-order valence-electron chi connectivity index (χ3n) is 4.68. The number of rotatable bonds is 5. The predicted molar refractivity (Wildman–Crippen MR) is 105 cm³/mol. The molecule has 27 heavy (non-hydrogen) atoms. The lowest BCUT2D eigenvalue weighted by Gasteiger charge is -2.23. The lowest BCUT2D eigenvalue weighted by molar-refractivity contribution is 0.0945. The topological polar surface area (TPSA) is 92.3 Å². The summed E-state index contributed by atoms with van der Waals surface area (Å²) in [5, 5.41) is 2.87. The predicted octanol–water partition coefficient (Wildman–Crippen LogP) is 1.65. The maximum atomic E-state index is 12.5. The van der Waals surface area contributed by atoms with E-state index in [9.17, 15) is 13.2 Å². The van der Waals surface area contributed by atoms with E-state index in [1.165, 1.54) is 0 Å². The number of carbonyl (C=O) groups is 1. The van der Waals surface area contributed by atoms with E-state index in [0.717, 1.165) is 11.1 Å². The summed E-state index contributed by atoms with van der Waals surface area (Å²) in [7, 11) is -1.23. The Morgan fingerprint density at radius 2 is 2.04 bits per heavy atom. The van der Waals surface area contributed by atoms with Gasteiger partial charge in [0, 0.05) is 25.3 Å². The first-order chi connectivity index (χ1) is 12.7. The molecule has 0 aliphatic carbocycles. The normalized spacial score (nSPS) is 18.3. The van der Waals surface area contributed by atoms with Crippen molar-refractivity contribution in [3.05, 3.63) is 52.8 Å². The van der Waals surface area contributed by atoms with Gasteiger partial charge >= 0.3 is 0 Å². The Hall–Kier alpha value is -2.48. The zero-order valence-electron chi connectivity index (χ0n) is 15.8. The molecule has 144 valence electrons. The fourth-order valence-corrected chi connectivity index (χ4v) is 4.94. The highest BCUT2D eigenvalue weighted by Crippen LogP contribution is 2.20. The molecule has 0 bridgehead atoms. The van der Waals surface area contributed by atoms with Crippen molar-refractivity contribution in [3.8, 4) is 0 Å². The zero-order valence-corrected chi connectivity index (χ0v) is 16.6. The minimum atomic E-state index is -3.00. The monoisotopic (exact) mass is 388 g/mol. The van der Waals surface area contributed by atoms with Gasteiger partial charge in [0.05, 0.1) is 11.5 Å². The summed E-state index contributed by atoms with van der Waals surface area (Å²) in [6.07, 6.45) is 0.547. The van der Waals surface area contributed by atoms with E-state index >= 15 is 0 Å². The van der Waals surface area contributed by atoms with Crippen LogP contribution in [0.5, 0.6) is 0 Å². The standard InChI is InChI=1S/C19H24N4O3S/c1-13-5-4-6-15(9-13)11-20-18(24)17-10-14(2)21-19(22-17)23(3)16-7-8-27(25,26)12-16/h4-6,9-10,16H,7-8,11-12H2,1-3H3,(H,20,24). The molecule has 1 aliphatic heterocycles. The number of anilines is 1. The van der Waals surface area contributed by atoms with Crippen LogP contribution in [0.15, 0.2) is 30.3 Å². The Bertz CT molecular complexity index is 959. The van der Waals surface area contributed by atoms with Crippen LogP contribution >= 0.6 is 0 Å². The number of sulfone groups is 1. The van der Waals surface area contributed by atoms with Crippen LogP contribution in [0, 0.1) is 13.8 Å². The molecule has 1 aromatic heterocycles. The molecule has 1 saturated heterocycles. The molecule has 1 unspecified atom stereocenters. The molecular weight excluding hydrogens is 364 g/mol. The van der Waals surface area contributed by atoms with E-state index in [-0.39, 0.29) is 29.1 Å². The third kappa shape index (κ3) is 4.82. The highest BCUT2D eigenvalue weighted by molar-refractivity contribution is 7.91. The van der Waals surface area contributed by atoms with Gasteiger partial charge in [-0.25, -0.2) is 18.4 Å². The summed E-state index contributed by atoms with van der Waals surface area (Å²) < 4.78 is 23.5. The first-order valence-electron chi connectivity index (χ1n) is 8.86. The summed E-state index contributed by atoms with van der Waals surface area (Å²) >= 11 is 0. The fourth-order valence-electron chi connectivity index (χ4n) is 3.17. The van der Waals surface area contributed by atoms with Gasteiger partial charge in [-0.2, -0.15) is 0 Å². The molecule has 0 radical (unpaired) electrons. The maximum Gasteiger partial charge on any atom is 0.270 e. The Kier molecular flexibility index (Phi) is 5.46. The molecule has 1 fully saturated rings. The molecule has 0 spiro atoms. The van der Waals surface area contributed by atoms with Gasteiger partial charge in [0.25, 0.3) is 5.91 Å². The van der Waals surface area contributed by atoms with Gasteiger partial charge < -0.3 is 10.2 Å². The van der Waals surface area contributed by atoms with Crippen LogP contribution in [-0.4, -0.2) is 48.9 Å². The van der Waals surface area contributed by atoms with E-state index in [0.29, 0.717) is 24.6 Å². The molecule has 0 saturated carbocycles. The van der Waals surface area contributed by atoms with Crippen LogP contribution in [-0.2, 0) is 16.4 Å². The Labute approximate surface area is 159 Å². The molecule has 1 aliphatic rings. The summed E-state index contributed by atoms with van der Waals surface area (Å²) in [4.78, 5) is 23.0. The van der Waals surface area contributed by atoms with Gasteiger partial charge in [-0.3, -0.25) is 4.79 Å². The summed E-state index contributed by atoms with van der Waals surface area (Å²) in [6.45, 7) is 4.21. The van der Waals surface area contributed by atoms with Crippen LogP contribution in [0.4, 0.5) is 5.95 Å². The smallest absolute Gasteiger partial charge is 0.270 e. The zero-order chi connectivity index (χ0) is 19.6. The number of amides is 1. The second-order valence-corrected chi connectivity index (χ2v) is 9.26. The van der Waals surface area contributed by atoms with Gasteiger partial charge in [0.15, 0.2) is 9.84 Å². The maximum absolute atomic E-state index is 12.5. The first kappa shape index (κ1) is 19.3. The largest absolute Gasteiger partial charge is 0.347 e. The first-order valence-corrected chi connectivity index (χ1v) is 10.7. The number of nitrogens with one attached hydrogen (secondary N) is 1. The fraction of sp³-hybridized carbons (Fsp3) is 0.421. The number of hydrogen-bond acceptors (Lipinski definition) is 6. The van der Waals surface area contributed by atoms with E-state index in [1.54, 1.807) is 24.9 Å². The summed E-state index contributed by atoms with van der Waals surface area (Å²) in [6, 6.07) is 9.40. The second-order valence-electron chi connectivity index (χ2n) is 7.03. The number of aromatic nitrogens is 2. The number of aryl methyl sites for hydroxylation is 2. The van der Waals surface area contributed by atoms with Crippen molar-refractivity contribution >= 4 is 21.7 Å². The van der Waals surface area contributed by atoms with Gasteiger partial charge in [0.2, 0.25) is 5.95 Å². The van der Waals surface area contributed by atoms with Crippen LogP contribution in [0.2, 0.25) is 0 Å². The molecule has 2 heterocycles. The van der Waals surface area contributed by atoms with Crippen LogP contribution in [0.1, 0.15) is 33.7 Å². The average Bonchev–Trinajstić information content (AvgIpc) is 2.98. The van der Waals surface area contributed by atoms with Crippen molar-refractivity contribution < 1.29 is 13.2 Å². The quantitative estimate of drug-likeness (QED) is 0.837. The number of hydrogen-bond donors (Lipinski definition) is 1. The highest BCUT2D eigenvalue weighted by atomic mass is 32.2. The van der Waals surface area contributed by atoms with E-state index in [1.807, 2.05) is 31.2 Å². The average molecular weight is 388 g/mol. The lowest BCUT2D eigenvalue weighted by atomic mass is 10.1. The molecule has 8 heteroatoms. The van der Waals surface area contributed by atoms with Gasteiger partial charge in [-0.15, -0.1) is 0 Å². The van der Waals surface area contributed by atoms with Crippen molar-refractivity contribution in [1.82, 2.24) is 15.3 Å². The molecule has 1 atom stereocenters. The third-order valence-corrected chi connectivity index (χ3v) is 6.43. The van der Waals surface area contributed by atoms with Gasteiger partial charge in [-0.1, -0.05) is 29.8 Å². The van der Waals surface area contributed by atoms with Gasteiger partial charge in [-0.05, 0) is 31.9 Å². The highest BCUT2D eigenvalue weighted by Gasteiger charge is 2.32. The van der Waals surface area contributed by atoms with E-state index < -0.39 is 9.84 Å². The SMILES string of the molecule is Cc1cccc(CNC(=O)c2cc(C)nc(N(C)C3CCS(=O)(=O)C3)n2)c1. The van der Waals surface area contributed by atoms with Crippen LogP contribution < -0.4 is 10.2 Å².